The highest BCUT2D eigenvalue weighted by molar-refractivity contribution is 6.03. The Morgan fingerprint density at radius 2 is 2.05 bits per heavy atom. The molecule has 1 amide bonds. The van der Waals surface area contributed by atoms with Crippen LogP contribution in [-0.4, -0.2) is 12.5 Å². The van der Waals surface area contributed by atoms with Crippen LogP contribution in [0.25, 0.3) is 16.8 Å². The Labute approximate surface area is 118 Å². The monoisotopic (exact) mass is 266 g/mol. The van der Waals surface area contributed by atoms with Crippen molar-refractivity contribution in [1.29, 1.82) is 0 Å². The molecule has 0 bridgehead atoms. The number of hydrogen-bond donors (Lipinski definition) is 2. The maximum Gasteiger partial charge on any atom is 0.262 e. The van der Waals surface area contributed by atoms with Crippen LogP contribution in [0.1, 0.15) is 24.5 Å². The van der Waals surface area contributed by atoms with Crippen molar-refractivity contribution in [2.24, 2.45) is 0 Å². The number of hydrazine groups is 1. The van der Waals surface area contributed by atoms with Gasteiger partial charge >= 0.3 is 0 Å². The van der Waals surface area contributed by atoms with Gasteiger partial charge in [0, 0.05) is 12.1 Å². The lowest BCUT2D eigenvalue weighted by atomic mass is 9.94. The SMILES string of the molecule is CCCc1ccc2ccccc2c1/C=C1\CNNC1=O. The summed E-state index contributed by atoms with van der Waals surface area (Å²) in [6.07, 6.45) is 4.15. The van der Waals surface area contributed by atoms with Crippen molar-refractivity contribution in [3.63, 3.8) is 0 Å². The Kier molecular flexibility index (Phi) is 3.52. The van der Waals surface area contributed by atoms with E-state index in [9.17, 15) is 4.79 Å². The minimum atomic E-state index is -0.0274. The molecule has 1 aliphatic heterocycles. The number of rotatable bonds is 3. The van der Waals surface area contributed by atoms with E-state index in [-0.39, 0.29) is 5.91 Å². The van der Waals surface area contributed by atoms with Crippen LogP contribution in [0.3, 0.4) is 0 Å². The maximum atomic E-state index is 11.7. The van der Waals surface area contributed by atoms with Gasteiger partial charge < -0.3 is 0 Å². The second kappa shape index (κ2) is 5.47. The fourth-order valence-corrected chi connectivity index (χ4v) is 2.67. The summed E-state index contributed by atoms with van der Waals surface area (Å²) >= 11 is 0. The minimum absolute atomic E-state index is 0.0274. The van der Waals surface area contributed by atoms with Crippen molar-refractivity contribution in [3.05, 3.63) is 53.1 Å². The second-order valence-corrected chi connectivity index (χ2v) is 5.09. The molecule has 2 N–H and O–H groups in total. The first kappa shape index (κ1) is 12.9. The molecule has 1 fully saturated rings. The van der Waals surface area contributed by atoms with Crippen molar-refractivity contribution in [3.8, 4) is 0 Å². The normalized spacial score (nSPS) is 16.9. The highest BCUT2D eigenvalue weighted by Crippen LogP contribution is 2.26. The molecule has 0 unspecified atom stereocenters. The van der Waals surface area contributed by atoms with Crippen LogP contribution in [0.4, 0.5) is 0 Å². The molecule has 0 spiro atoms. The summed E-state index contributed by atoms with van der Waals surface area (Å²) in [4.78, 5) is 11.7. The lowest BCUT2D eigenvalue weighted by Crippen LogP contribution is -2.25. The van der Waals surface area contributed by atoms with Crippen LogP contribution in [0.15, 0.2) is 42.0 Å². The summed E-state index contributed by atoms with van der Waals surface area (Å²) in [6, 6.07) is 12.7. The van der Waals surface area contributed by atoms with Crippen LogP contribution in [0.2, 0.25) is 0 Å². The van der Waals surface area contributed by atoms with E-state index >= 15 is 0 Å². The third-order valence-electron chi connectivity index (χ3n) is 3.67. The Morgan fingerprint density at radius 3 is 2.80 bits per heavy atom. The van der Waals surface area contributed by atoms with Crippen molar-refractivity contribution < 1.29 is 4.79 Å². The fourth-order valence-electron chi connectivity index (χ4n) is 2.67. The second-order valence-electron chi connectivity index (χ2n) is 5.09. The van der Waals surface area contributed by atoms with E-state index in [1.807, 2.05) is 18.2 Å². The molecule has 20 heavy (non-hydrogen) atoms. The molecule has 1 saturated heterocycles. The number of fused-ring (bicyclic) bond motifs is 1. The number of carbonyl (C=O) groups is 1. The third kappa shape index (κ3) is 2.32. The van der Waals surface area contributed by atoms with Gasteiger partial charge in [-0.2, -0.15) is 0 Å². The Hall–Kier alpha value is -2.13. The number of aryl methyl sites for hydroxylation is 1. The van der Waals surface area contributed by atoms with Crippen molar-refractivity contribution in [2.75, 3.05) is 6.54 Å². The zero-order chi connectivity index (χ0) is 13.9. The van der Waals surface area contributed by atoms with Crippen molar-refractivity contribution in [1.82, 2.24) is 10.9 Å². The Balaban J connectivity index is 2.19. The predicted octanol–water partition coefficient (Wildman–Crippen LogP) is 2.81. The summed E-state index contributed by atoms with van der Waals surface area (Å²) < 4.78 is 0. The lowest BCUT2D eigenvalue weighted by Gasteiger charge is -2.10. The van der Waals surface area contributed by atoms with Crippen LogP contribution in [0, 0.1) is 0 Å². The molecule has 102 valence electrons. The van der Waals surface area contributed by atoms with E-state index in [2.05, 4.69) is 42.0 Å². The number of nitrogens with one attached hydrogen (secondary N) is 2. The fraction of sp³-hybridized carbons (Fsp3) is 0.235. The standard InChI is InChI=1S/C17H18N2O/c1-2-5-12-8-9-13-6-3-4-7-15(13)16(12)10-14-11-18-19-17(14)20/h3-4,6-10,18H,2,5,11H2,1H3,(H,19,20)/b14-10+. The zero-order valence-electron chi connectivity index (χ0n) is 11.6. The van der Waals surface area contributed by atoms with Gasteiger partial charge in [0.1, 0.15) is 0 Å². The Morgan fingerprint density at radius 1 is 1.20 bits per heavy atom. The molecule has 3 heteroatoms. The smallest absolute Gasteiger partial charge is 0.262 e. The molecule has 0 aromatic heterocycles. The molecule has 3 nitrogen and oxygen atoms in total. The number of carbonyl (C=O) groups excluding carboxylic acids is 1. The average Bonchev–Trinajstić information content (AvgIpc) is 2.87. The first-order valence-electron chi connectivity index (χ1n) is 7.04. The summed E-state index contributed by atoms with van der Waals surface area (Å²) in [5, 5.41) is 2.43. The first-order valence-corrected chi connectivity index (χ1v) is 7.04. The quantitative estimate of drug-likeness (QED) is 0.839. The lowest BCUT2D eigenvalue weighted by molar-refractivity contribution is -0.116. The van der Waals surface area contributed by atoms with Gasteiger partial charge in [0.25, 0.3) is 5.91 Å². The van der Waals surface area contributed by atoms with E-state index in [1.54, 1.807) is 0 Å². The number of hydrogen-bond acceptors (Lipinski definition) is 2. The topological polar surface area (TPSA) is 41.1 Å². The molecule has 1 heterocycles. The summed E-state index contributed by atoms with van der Waals surface area (Å²) in [6.45, 7) is 2.75. The van der Waals surface area contributed by atoms with Crippen LogP contribution in [-0.2, 0) is 11.2 Å². The number of amides is 1. The maximum absolute atomic E-state index is 11.7. The molecule has 3 rings (SSSR count). The molecule has 0 aliphatic carbocycles. The van der Waals surface area contributed by atoms with E-state index in [0.717, 1.165) is 18.4 Å². The average molecular weight is 266 g/mol. The van der Waals surface area contributed by atoms with Gasteiger partial charge in [0.05, 0.1) is 0 Å². The van der Waals surface area contributed by atoms with Gasteiger partial charge in [-0.3, -0.25) is 10.2 Å². The molecule has 2 aromatic carbocycles. The Bertz CT molecular complexity index is 688. The van der Waals surface area contributed by atoms with Gasteiger partial charge in [-0.15, -0.1) is 0 Å². The summed E-state index contributed by atoms with van der Waals surface area (Å²) in [7, 11) is 0. The van der Waals surface area contributed by atoms with Crippen LogP contribution >= 0.6 is 0 Å². The summed E-state index contributed by atoms with van der Waals surface area (Å²) in [5.74, 6) is -0.0274. The van der Waals surface area contributed by atoms with Gasteiger partial charge in [0.2, 0.25) is 0 Å². The molecule has 2 aromatic rings. The zero-order valence-corrected chi connectivity index (χ0v) is 11.6. The largest absolute Gasteiger partial charge is 0.287 e. The highest BCUT2D eigenvalue weighted by atomic mass is 16.2. The van der Waals surface area contributed by atoms with E-state index < -0.39 is 0 Å². The molecule has 1 aliphatic rings. The first-order chi connectivity index (χ1) is 9.79. The van der Waals surface area contributed by atoms with E-state index in [0.29, 0.717) is 6.54 Å². The van der Waals surface area contributed by atoms with E-state index in [4.69, 9.17) is 0 Å². The van der Waals surface area contributed by atoms with Crippen LogP contribution < -0.4 is 10.9 Å². The van der Waals surface area contributed by atoms with Gasteiger partial charge in [-0.25, -0.2) is 5.43 Å². The molecule has 0 radical (unpaired) electrons. The van der Waals surface area contributed by atoms with Gasteiger partial charge in [-0.1, -0.05) is 49.7 Å². The molecular weight excluding hydrogens is 248 g/mol. The molecule has 0 atom stereocenters. The van der Waals surface area contributed by atoms with Crippen LogP contribution in [0.5, 0.6) is 0 Å². The number of benzene rings is 2. The predicted molar refractivity (Wildman–Crippen MR) is 82.1 cm³/mol. The van der Waals surface area contributed by atoms with Gasteiger partial charge in [0.15, 0.2) is 0 Å². The highest BCUT2D eigenvalue weighted by Gasteiger charge is 2.16. The van der Waals surface area contributed by atoms with Crippen molar-refractivity contribution >= 4 is 22.8 Å². The van der Waals surface area contributed by atoms with E-state index in [1.165, 1.54) is 21.9 Å². The molecule has 0 saturated carbocycles. The third-order valence-corrected chi connectivity index (χ3v) is 3.67. The minimum Gasteiger partial charge on any atom is -0.287 e. The van der Waals surface area contributed by atoms with Gasteiger partial charge in [-0.05, 0) is 34.4 Å². The summed E-state index contributed by atoms with van der Waals surface area (Å²) in [5.41, 5.74) is 8.78. The van der Waals surface area contributed by atoms with Crippen molar-refractivity contribution in [2.45, 2.75) is 19.8 Å². The molecular formula is C17H18N2O.